The van der Waals surface area contributed by atoms with Gasteiger partial charge in [0.2, 0.25) is 5.91 Å². The Balaban J connectivity index is 1.99. The molecule has 5 heteroatoms. The summed E-state index contributed by atoms with van der Waals surface area (Å²) in [5.41, 5.74) is 0. The standard InChI is InChI=1S/C15H19NO3S/c1-3-11-6-7-14(19-11)13(10-18-2)16-15(17)9-12-5-4-8-20-12/h4-8,13H,3,9-10H2,1-2H3,(H,16,17)/t13-/m0/s1. The van der Waals surface area contributed by atoms with E-state index in [1.165, 1.54) is 0 Å². The van der Waals surface area contributed by atoms with Crippen LogP contribution in [-0.2, 0) is 22.4 Å². The Morgan fingerprint density at radius 3 is 2.90 bits per heavy atom. The highest BCUT2D eigenvalue weighted by Crippen LogP contribution is 2.18. The van der Waals surface area contributed by atoms with Crippen LogP contribution in [0.2, 0.25) is 0 Å². The van der Waals surface area contributed by atoms with E-state index in [-0.39, 0.29) is 11.9 Å². The zero-order chi connectivity index (χ0) is 14.4. The van der Waals surface area contributed by atoms with Crippen molar-refractivity contribution in [2.24, 2.45) is 0 Å². The van der Waals surface area contributed by atoms with E-state index >= 15 is 0 Å². The molecule has 0 aliphatic rings. The van der Waals surface area contributed by atoms with Crippen molar-refractivity contribution in [1.29, 1.82) is 0 Å². The number of thiophene rings is 1. The molecule has 0 aliphatic carbocycles. The van der Waals surface area contributed by atoms with Gasteiger partial charge >= 0.3 is 0 Å². The predicted molar refractivity (Wildman–Crippen MR) is 78.9 cm³/mol. The van der Waals surface area contributed by atoms with E-state index in [1.807, 2.05) is 36.6 Å². The first-order valence-corrected chi connectivity index (χ1v) is 7.50. The lowest BCUT2D eigenvalue weighted by Crippen LogP contribution is -2.32. The van der Waals surface area contributed by atoms with Crippen LogP contribution in [0.1, 0.15) is 29.4 Å². The van der Waals surface area contributed by atoms with Crippen LogP contribution in [0.15, 0.2) is 34.1 Å². The Bertz CT molecular complexity index is 533. The predicted octanol–water partition coefficient (Wildman–Crippen LogP) is 2.95. The molecule has 0 aromatic carbocycles. The Hall–Kier alpha value is -1.59. The number of methoxy groups -OCH3 is 1. The van der Waals surface area contributed by atoms with Gasteiger partial charge in [0.1, 0.15) is 17.6 Å². The van der Waals surface area contributed by atoms with Gasteiger partial charge in [-0.25, -0.2) is 0 Å². The maximum atomic E-state index is 12.0. The lowest BCUT2D eigenvalue weighted by molar-refractivity contribution is -0.121. The number of furan rings is 1. The highest BCUT2D eigenvalue weighted by Gasteiger charge is 2.18. The van der Waals surface area contributed by atoms with Gasteiger partial charge in [0, 0.05) is 18.4 Å². The van der Waals surface area contributed by atoms with Crippen LogP contribution in [-0.4, -0.2) is 19.6 Å². The van der Waals surface area contributed by atoms with Crippen molar-refractivity contribution in [3.05, 3.63) is 46.0 Å². The molecular weight excluding hydrogens is 274 g/mol. The fraction of sp³-hybridized carbons (Fsp3) is 0.400. The zero-order valence-electron chi connectivity index (χ0n) is 11.7. The highest BCUT2D eigenvalue weighted by molar-refractivity contribution is 7.10. The molecule has 0 bridgehead atoms. The fourth-order valence-electron chi connectivity index (χ4n) is 1.95. The van der Waals surface area contributed by atoms with Crippen LogP contribution in [0.4, 0.5) is 0 Å². The number of rotatable bonds is 7. The van der Waals surface area contributed by atoms with Crippen molar-refractivity contribution < 1.29 is 13.9 Å². The van der Waals surface area contributed by atoms with Crippen LogP contribution < -0.4 is 5.32 Å². The normalized spacial score (nSPS) is 12.3. The first-order valence-electron chi connectivity index (χ1n) is 6.62. The molecule has 0 aliphatic heterocycles. The average Bonchev–Trinajstić information content (AvgIpc) is 3.08. The monoisotopic (exact) mass is 293 g/mol. The third-order valence-corrected chi connectivity index (χ3v) is 3.83. The number of carbonyl (C=O) groups excluding carboxylic acids is 1. The van der Waals surface area contributed by atoms with E-state index in [4.69, 9.17) is 9.15 Å². The quantitative estimate of drug-likeness (QED) is 0.854. The van der Waals surface area contributed by atoms with Crippen molar-refractivity contribution in [3.63, 3.8) is 0 Å². The minimum atomic E-state index is -0.243. The number of ether oxygens (including phenoxy) is 1. The number of carbonyl (C=O) groups is 1. The molecule has 1 atom stereocenters. The second-order valence-electron chi connectivity index (χ2n) is 4.49. The van der Waals surface area contributed by atoms with Crippen LogP contribution in [0.3, 0.4) is 0 Å². The van der Waals surface area contributed by atoms with Gasteiger partial charge in [0.05, 0.1) is 13.0 Å². The average molecular weight is 293 g/mol. The third-order valence-electron chi connectivity index (χ3n) is 2.96. The van der Waals surface area contributed by atoms with E-state index < -0.39 is 0 Å². The van der Waals surface area contributed by atoms with Gasteiger partial charge in [-0.3, -0.25) is 4.79 Å². The summed E-state index contributed by atoms with van der Waals surface area (Å²) in [4.78, 5) is 13.1. The van der Waals surface area contributed by atoms with Crippen LogP contribution >= 0.6 is 11.3 Å². The molecule has 2 rings (SSSR count). The van der Waals surface area contributed by atoms with E-state index in [0.29, 0.717) is 13.0 Å². The van der Waals surface area contributed by atoms with Crippen LogP contribution in [0.25, 0.3) is 0 Å². The Morgan fingerprint density at radius 1 is 1.45 bits per heavy atom. The van der Waals surface area contributed by atoms with E-state index in [2.05, 4.69) is 5.32 Å². The molecule has 2 aromatic heterocycles. The smallest absolute Gasteiger partial charge is 0.225 e. The molecule has 2 heterocycles. The molecule has 20 heavy (non-hydrogen) atoms. The minimum Gasteiger partial charge on any atom is -0.464 e. The summed E-state index contributed by atoms with van der Waals surface area (Å²) in [7, 11) is 1.61. The number of hydrogen-bond donors (Lipinski definition) is 1. The second kappa shape index (κ2) is 7.26. The molecule has 0 unspecified atom stereocenters. The summed E-state index contributed by atoms with van der Waals surface area (Å²) < 4.78 is 10.9. The lowest BCUT2D eigenvalue weighted by atomic mass is 10.2. The first-order chi connectivity index (χ1) is 9.72. The van der Waals surface area contributed by atoms with Crippen LogP contribution in [0, 0.1) is 0 Å². The van der Waals surface area contributed by atoms with Crippen molar-refractivity contribution in [3.8, 4) is 0 Å². The number of amides is 1. The SMILES string of the molecule is CCc1ccc([C@H](COC)NC(=O)Cc2cccs2)o1. The van der Waals surface area contributed by atoms with Crippen molar-refractivity contribution in [1.82, 2.24) is 5.32 Å². The van der Waals surface area contributed by atoms with E-state index in [1.54, 1.807) is 18.4 Å². The van der Waals surface area contributed by atoms with Crippen molar-refractivity contribution in [2.45, 2.75) is 25.8 Å². The zero-order valence-corrected chi connectivity index (χ0v) is 12.5. The Kier molecular flexibility index (Phi) is 5.38. The molecule has 1 amide bonds. The van der Waals surface area contributed by atoms with Gasteiger partial charge in [-0.2, -0.15) is 0 Å². The van der Waals surface area contributed by atoms with Gasteiger partial charge in [-0.05, 0) is 23.6 Å². The lowest BCUT2D eigenvalue weighted by Gasteiger charge is -2.15. The molecule has 108 valence electrons. The second-order valence-corrected chi connectivity index (χ2v) is 5.52. The largest absolute Gasteiger partial charge is 0.464 e. The molecule has 0 fully saturated rings. The Morgan fingerprint density at radius 2 is 2.30 bits per heavy atom. The summed E-state index contributed by atoms with van der Waals surface area (Å²) in [6, 6.07) is 7.49. The van der Waals surface area contributed by atoms with Gasteiger partial charge in [0.15, 0.2) is 0 Å². The molecule has 1 N–H and O–H groups in total. The first kappa shape index (κ1) is 14.8. The summed E-state index contributed by atoms with van der Waals surface area (Å²) in [5, 5.41) is 4.93. The molecular formula is C15H19NO3S. The maximum Gasteiger partial charge on any atom is 0.225 e. The highest BCUT2D eigenvalue weighted by atomic mass is 32.1. The molecule has 2 aromatic rings. The van der Waals surface area contributed by atoms with Crippen molar-refractivity contribution >= 4 is 17.2 Å². The van der Waals surface area contributed by atoms with Crippen molar-refractivity contribution in [2.75, 3.05) is 13.7 Å². The van der Waals surface area contributed by atoms with Gasteiger partial charge < -0.3 is 14.5 Å². The molecule has 0 saturated heterocycles. The van der Waals surface area contributed by atoms with Gasteiger partial charge in [-0.15, -0.1) is 11.3 Å². The Labute approximate surface area is 122 Å². The number of aryl methyl sites for hydroxylation is 1. The third kappa shape index (κ3) is 3.95. The molecule has 4 nitrogen and oxygen atoms in total. The topological polar surface area (TPSA) is 51.5 Å². The summed E-state index contributed by atoms with van der Waals surface area (Å²) in [6.07, 6.45) is 1.22. The minimum absolute atomic E-state index is 0.0241. The van der Waals surface area contributed by atoms with E-state index in [9.17, 15) is 4.79 Å². The molecule has 0 saturated carbocycles. The summed E-state index contributed by atoms with van der Waals surface area (Å²) in [6.45, 7) is 2.43. The van der Waals surface area contributed by atoms with Gasteiger partial charge in [-0.1, -0.05) is 13.0 Å². The fourth-order valence-corrected chi connectivity index (χ4v) is 2.65. The summed E-state index contributed by atoms with van der Waals surface area (Å²) >= 11 is 1.58. The maximum absolute atomic E-state index is 12.0. The van der Waals surface area contributed by atoms with Gasteiger partial charge in [0.25, 0.3) is 0 Å². The van der Waals surface area contributed by atoms with Crippen LogP contribution in [0.5, 0.6) is 0 Å². The summed E-state index contributed by atoms with van der Waals surface area (Å²) in [5.74, 6) is 1.63. The number of hydrogen-bond acceptors (Lipinski definition) is 4. The number of nitrogens with one attached hydrogen (secondary N) is 1. The molecule has 0 spiro atoms. The molecule has 0 radical (unpaired) electrons. The van der Waals surface area contributed by atoms with E-state index in [0.717, 1.165) is 22.8 Å².